The fraction of sp³-hybridized carbons (Fsp3) is 0.250. The number of nitrogens with two attached hydrogens (primary N) is 1. The maximum atomic E-state index is 13.0. The summed E-state index contributed by atoms with van der Waals surface area (Å²) in [5.74, 6) is -1.50. The van der Waals surface area contributed by atoms with E-state index in [9.17, 15) is 22.8 Å². The lowest BCUT2D eigenvalue weighted by molar-refractivity contribution is -0.752. The van der Waals surface area contributed by atoms with Gasteiger partial charge in [0.25, 0.3) is 27.2 Å². The second-order valence-corrected chi connectivity index (χ2v) is 10.8. The van der Waals surface area contributed by atoms with Crippen molar-refractivity contribution in [3.05, 3.63) is 70.9 Å². The number of carbonyl (C=O) groups is 3. The SMILES string of the molecule is Cc1ccc(S(=O)(=O)/N=c2\o[n-][n+](C)c2CN2C(=S)N(C)C(=O)C2CC(=O)Nc2ccc(C(N)=O)cc2)cc1. The number of hydrogen-bond donors (Lipinski definition) is 2. The van der Waals surface area contributed by atoms with Gasteiger partial charge in [0.05, 0.1) is 11.3 Å². The molecule has 15 heteroatoms. The molecule has 1 aromatic heterocycles. The number of likely N-dealkylation sites (N-methyl/N-ethyl adjacent to an activating group) is 1. The molecule has 1 aliphatic rings. The Balaban J connectivity index is 1.58. The first-order valence-electron chi connectivity index (χ1n) is 11.5. The molecule has 1 atom stereocenters. The summed E-state index contributed by atoms with van der Waals surface area (Å²) in [6.07, 6.45) is -0.260. The van der Waals surface area contributed by atoms with E-state index in [-0.39, 0.29) is 39.8 Å². The molecule has 4 rings (SSSR count). The molecular formula is C24H25N7O6S2. The highest BCUT2D eigenvalue weighted by Gasteiger charge is 2.43. The van der Waals surface area contributed by atoms with Crippen LogP contribution in [0.3, 0.4) is 0 Å². The first kappa shape index (κ1) is 27.7. The van der Waals surface area contributed by atoms with Gasteiger partial charge < -0.3 is 20.5 Å². The number of aromatic nitrogens is 2. The molecule has 13 nitrogen and oxygen atoms in total. The van der Waals surface area contributed by atoms with Gasteiger partial charge in [-0.25, -0.2) is 4.68 Å². The fourth-order valence-corrected chi connectivity index (χ4v) is 5.10. The van der Waals surface area contributed by atoms with Crippen molar-refractivity contribution in [3.8, 4) is 0 Å². The number of sulfonamides is 1. The van der Waals surface area contributed by atoms with Crippen LogP contribution < -0.4 is 26.6 Å². The highest BCUT2D eigenvalue weighted by molar-refractivity contribution is 7.90. The van der Waals surface area contributed by atoms with E-state index in [2.05, 4.69) is 15.0 Å². The number of nitrogens with one attached hydrogen (secondary N) is 1. The number of aryl methyl sites for hydroxylation is 2. The van der Waals surface area contributed by atoms with Crippen molar-refractivity contribution < 1.29 is 32.0 Å². The summed E-state index contributed by atoms with van der Waals surface area (Å²) in [6.45, 7) is 1.72. The van der Waals surface area contributed by atoms with Gasteiger partial charge >= 0.3 is 0 Å². The highest BCUT2D eigenvalue weighted by Crippen LogP contribution is 2.22. The number of benzene rings is 2. The van der Waals surface area contributed by atoms with Crippen molar-refractivity contribution in [2.45, 2.75) is 30.8 Å². The molecule has 3 N–H and O–H groups in total. The average Bonchev–Trinajstić information content (AvgIpc) is 3.31. The van der Waals surface area contributed by atoms with Gasteiger partial charge in [-0.1, -0.05) is 17.7 Å². The van der Waals surface area contributed by atoms with Gasteiger partial charge in [0.1, 0.15) is 19.6 Å². The van der Waals surface area contributed by atoms with E-state index >= 15 is 0 Å². The number of amides is 3. The molecule has 1 saturated heterocycles. The Hall–Kier alpha value is -4.37. The topological polar surface area (TPSA) is 173 Å². The Bertz CT molecular complexity index is 1630. The Kier molecular flexibility index (Phi) is 7.65. The van der Waals surface area contributed by atoms with Crippen LogP contribution in [0.2, 0.25) is 0 Å². The number of rotatable bonds is 8. The quantitative estimate of drug-likeness (QED) is 0.272. The van der Waals surface area contributed by atoms with Crippen LogP contribution in [0.4, 0.5) is 5.69 Å². The van der Waals surface area contributed by atoms with Gasteiger partial charge in [0.2, 0.25) is 11.8 Å². The monoisotopic (exact) mass is 571 g/mol. The predicted molar refractivity (Wildman–Crippen MR) is 140 cm³/mol. The zero-order chi connectivity index (χ0) is 28.5. The smallest absolute Gasteiger partial charge is 0.289 e. The van der Waals surface area contributed by atoms with E-state index in [1.165, 1.54) is 65.0 Å². The number of anilines is 1. The zero-order valence-corrected chi connectivity index (χ0v) is 22.8. The Morgan fingerprint density at radius 3 is 2.44 bits per heavy atom. The first-order chi connectivity index (χ1) is 18.4. The van der Waals surface area contributed by atoms with E-state index < -0.39 is 33.8 Å². The van der Waals surface area contributed by atoms with Gasteiger partial charge in [-0.2, -0.15) is 8.42 Å². The number of carbonyl (C=O) groups excluding carboxylic acids is 3. The van der Waals surface area contributed by atoms with E-state index in [0.717, 1.165) is 5.56 Å². The van der Waals surface area contributed by atoms with Crippen molar-refractivity contribution in [2.24, 2.45) is 17.2 Å². The molecule has 0 saturated carbocycles. The minimum Gasteiger partial charge on any atom is -0.486 e. The number of nitrogens with zero attached hydrogens (tertiary/aromatic N) is 5. The number of primary amides is 1. The van der Waals surface area contributed by atoms with E-state index in [4.69, 9.17) is 22.5 Å². The molecule has 3 aromatic rings. The molecule has 2 heterocycles. The minimum absolute atomic E-state index is 0.0249. The second-order valence-electron chi connectivity index (χ2n) is 8.85. The summed E-state index contributed by atoms with van der Waals surface area (Å²) < 4.78 is 36.0. The van der Waals surface area contributed by atoms with Gasteiger partial charge in [-0.3, -0.25) is 24.6 Å². The third kappa shape index (κ3) is 5.88. The van der Waals surface area contributed by atoms with Gasteiger partial charge in [0.15, 0.2) is 5.11 Å². The lowest BCUT2D eigenvalue weighted by Gasteiger charge is -2.21. The van der Waals surface area contributed by atoms with Crippen LogP contribution in [0, 0.1) is 6.92 Å². The first-order valence-corrected chi connectivity index (χ1v) is 13.4. The molecule has 3 amide bonds. The van der Waals surface area contributed by atoms with Crippen molar-refractivity contribution >= 4 is 50.8 Å². The van der Waals surface area contributed by atoms with Crippen LogP contribution in [0.15, 0.2) is 62.3 Å². The summed E-state index contributed by atoms with van der Waals surface area (Å²) in [4.78, 5) is 39.7. The Morgan fingerprint density at radius 2 is 1.82 bits per heavy atom. The van der Waals surface area contributed by atoms with Gasteiger partial charge in [0, 0.05) is 18.3 Å². The van der Waals surface area contributed by atoms with Crippen LogP contribution in [0.5, 0.6) is 0 Å². The van der Waals surface area contributed by atoms with Crippen LogP contribution in [0.25, 0.3) is 0 Å². The summed E-state index contributed by atoms with van der Waals surface area (Å²) in [7, 11) is -1.12. The maximum absolute atomic E-state index is 13.0. The number of thiocarbonyl (C=S) groups is 1. The summed E-state index contributed by atoms with van der Waals surface area (Å²) in [5, 5.41) is 6.59. The Labute approximate surface area is 228 Å². The molecule has 0 bridgehead atoms. The van der Waals surface area contributed by atoms with Crippen LogP contribution in [-0.4, -0.2) is 54.1 Å². The maximum Gasteiger partial charge on any atom is 0.289 e. The largest absolute Gasteiger partial charge is 0.486 e. The zero-order valence-electron chi connectivity index (χ0n) is 21.2. The lowest BCUT2D eigenvalue weighted by atomic mass is 10.1. The van der Waals surface area contributed by atoms with Gasteiger partial charge in [-0.05, 0) is 55.5 Å². The molecule has 204 valence electrons. The molecule has 0 spiro atoms. The lowest BCUT2D eigenvalue weighted by Crippen LogP contribution is -2.45. The summed E-state index contributed by atoms with van der Waals surface area (Å²) in [6, 6.07) is 11.2. The van der Waals surface area contributed by atoms with Crippen molar-refractivity contribution in [1.82, 2.24) is 15.1 Å². The van der Waals surface area contributed by atoms with Crippen molar-refractivity contribution in [3.63, 3.8) is 0 Å². The fourth-order valence-electron chi connectivity index (χ4n) is 3.87. The molecule has 39 heavy (non-hydrogen) atoms. The normalized spacial score (nSPS) is 16.2. The molecule has 1 fully saturated rings. The van der Waals surface area contributed by atoms with E-state index in [1.54, 1.807) is 12.1 Å². The number of hydrogen-bond acceptors (Lipinski definition) is 7. The Morgan fingerprint density at radius 1 is 1.18 bits per heavy atom. The highest BCUT2D eigenvalue weighted by atomic mass is 32.2. The predicted octanol–water partition coefficient (Wildman–Crippen LogP) is -0.285. The van der Waals surface area contributed by atoms with Crippen molar-refractivity contribution in [1.29, 1.82) is 0 Å². The average molecular weight is 572 g/mol. The van der Waals surface area contributed by atoms with E-state index in [0.29, 0.717) is 5.69 Å². The van der Waals surface area contributed by atoms with Crippen LogP contribution in [-0.2, 0) is 33.2 Å². The molecule has 0 radical (unpaired) electrons. The minimum atomic E-state index is -4.13. The molecule has 1 unspecified atom stereocenters. The third-order valence-electron chi connectivity index (χ3n) is 6.09. The van der Waals surface area contributed by atoms with E-state index in [1.807, 2.05) is 6.92 Å². The summed E-state index contributed by atoms with van der Waals surface area (Å²) in [5.41, 5.74) is 6.76. The summed E-state index contributed by atoms with van der Waals surface area (Å²) >= 11 is 5.44. The molecule has 0 aliphatic carbocycles. The second kappa shape index (κ2) is 10.8. The standard InChI is InChI=1S/C24H25N7O6S2/c1-14-4-10-17(11-5-14)39(35,36)27-22-19(30(3)28-37-22)13-31-18(23(34)29(2)24(31)38)12-20(32)26-16-8-6-15(7-9-16)21(25)33/h4-11,18H,12-13H2,1-3H3,(H2,25,33)(H,26,32)/b27-22-. The van der Waals surface area contributed by atoms with Crippen molar-refractivity contribution in [2.75, 3.05) is 12.4 Å². The molecule has 1 aliphatic heterocycles. The third-order valence-corrected chi connectivity index (χ3v) is 7.87. The van der Waals surface area contributed by atoms with Crippen LogP contribution >= 0.6 is 12.2 Å². The molecule has 2 aromatic carbocycles. The van der Waals surface area contributed by atoms with Gasteiger partial charge in [-0.15, -0.1) is 4.40 Å². The van der Waals surface area contributed by atoms with Crippen LogP contribution in [0.1, 0.15) is 28.0 Å². The molecular weight excluding hydrogens is 546 g/mol.